The molecule has 1 N–H and O–H groups in total. The molecule has 2 aromatic carbocycles. The van der Waals surface area contributed by atoms with Gasteiger partial charge in [-0.2, -0.15) is 5.26 Å². The van der Waals surface area contributed by atoms with E-state index in [9.17, 15) is 9.59 Å². The molecule has 0 aliphatic rings. The van der Waals surface area contributed by atoms with Gasteiger partial charge in [0.15, 0.2) is 13.2 Å². The molecule has 0 spiro atoms. The summed E-state index contributed by atoms with van der Waals surface area (Å²) < 4.78 is 11.6. The lowest BCUT2D eigenvalue weighted by molar-refractivity contribution is -0.149. The van der Waals surface area contributed by atoms with E-state index in [0.29, 0.717) is 21.5 Å². The summed E-state index contributed by atoms with van der Waals surface area (Å²) in [6, 6.07) is 13.5. The topological polar surface area (TPSA) is 88.4 Å². The third-order valence-electron chi connectivity index (χ3n) is 2.91. The summed E-state index contributed by atoms with van der Waals surface area (Å²) in [5, 5.41) is 11.3. The average molecular weight is 468 g/mol. The second-order valence-corrected chi connectivity index (χ2v) is 6.53. The number of hydrogen-bond acceptors (Lipinski definition) is 5. The molecule has 2 rings (SSSR count). The second-order valence-electron chi connectivity index (χ2n) is 4.76. The molecule has 0 saturated heterocycles. The van der Waals surface area contributed by atoms with Gasteiger partial charge in [-0.1, -0.05) is 15.9 Å². The smallest absolute Gasteiger partial charge is 0.344 e. The number of esters is 1. The largest absolute Gasteiger partial charge is 0.482 e. The van der Waals surface area contributed by atoms with Crippen LogP contribution in [0.3, 0.4) is 0 Å². The van der Waals surface area contributed by atoms with Crippen molar-refractivity contribution in [2.75, 3.05) is 18.5 Å². The Morgan fingerprint density at radius 1 is 1.08 bits per heavy atom. The molecule has 25 heavy (non-hydrogen) atoms. The fourth-order valence-corrected chi connectivity index (χ4v) is 2.88. The molecule has 0 aliphatic heterocycles. The maximum Gasteiger partial charge on any atom is 0.344 e. The Hall–Kier alpha value is -2.37. The molecule has 0 heterocycles. The van der Waals surface area contributed by atoms with Crippen molar-refractivity contribution in [3.8, 4) is 11.8 Å². The molecule has 6 nitrogen and oxygen atoms in total. The van der Waals surface area contributed by atoms with Crippen LogP contribution in [0, 0.1) is 11.3 Å². The SMILES string of the molecule is N#Cc1ccc(OCC(=O)OCC(=O)Nc2ccc(Br)cc2Br)cc1. The lowest BCUT2D eigenvalue weighted by atomic mass is 10.2. The number of nitriles is 1. The van der Waals surface area contributed by atoms with E-state index in [1.807, 2.05) is 6.07 Å². The van der Waals surface area contributed by atoms with Crippen molar-refractivity contribution in [2.45, 2.75) is 0 Å². The van der Waals surface area contributed by atoms with E-state index < -0.39 is 18.5 Å². The molecule has 0 fully saturated rings. The molecule has 128 valence electrons. The highest BCUT2D eigenvalue weighted by Gasteiger charge is 2.10. The molecule has 0 unspecified atom stereocenters. The van der Waals surface area contributed by atoms with Crippen LogP contribution in [0.5, 0.6) is 5.75 Å². The van der Waals surface area contributed by atoms with Gasteiger partial charge < -0.3 is 14.8 Å². The second kappa shape index (κ2) is 9.20. The molecule has 0 saturated carbocycles. The van der Waals surface area contributed by atoms with Crippen LogP contribution in [0.4, 0.5) is 5.69 Å². The first-order chi connectivity index (χ1) is 12.0. The van der Waals surface area contributed by atoms with Gasteiger partial charge in [-0.05, 0) is 58.4 Å². The maximum atomic E-state index is 11.8. The van der Waals surface area contributed by atoms with Crippen LogP contribution in [-0.4, -0.2) is 25.1 Å². The van der Waals surface area contributed by atoms with Crippen molar-refractivity contribution >= 4 is 49.4 Å². The zero-order chi connectivity index (χ0) is 18.2. The standard InChI is InChI=1S/C17H12Br2N2O4/c18-12-3-6-15(14(19)7-12)21-16(22)9-25-17(23)10-24-13-4-1-11(8-20)2-5-13/h1-7H,9-10H2,(H,21,22). The highest BCUT2D eigenvalue weighted by molar-refractivity contribution is 9.11. The third-order valence-corrected chi connectivity index (χ3v) is 4.06. The van der Waals surface area contributed by atoms with E-state index in [4.69, 9.17) is 14.7 Å². The van der Waals surface area contributed by atoms with Gasteiger partial charge in [0.25, 0.3) is 5.91 Å². The van der Waals surface area contributed by atoms with Crippen LogP contribution < -0.4 is 10.1 Å². The molecular weight excluding hydrogens is 456 g/mol. The van der Waals surface area contributed by atoms with E-state index in [1.165, 1.54) is 0 Å². The summed E-state index contributed by atoms with van der Waals surface area (Å²) in [7, 11) is 0. The minimum absolute atomic E-state index is 0.332. The number of benzene rings is 2. The summed E-state index contributed by atoms with van der Waals surface area (Å²) >= 11 is 6.64. The molecule has 1 amide bonds. The molecule has 0 aliphatic carbocycles. The van der Waals surface area contributed by atoms with Gasteiger partial charge in [-0.25, -0.2) is 4.79 Å². The zero-order valence-corrected chi connectivity index (χ0v) is 16.0. The van der Waals surface area contributed by atoms with E-state index in [0.717, 1.165) is 4.47 Å². The van der Waals surface area contributed by atoms with Crippen molar-refractivity contribution in [2.24, 2.45) is 0 Å². The van der Waals surface area contributed by atoms with E-state index in [2.05, 4.69) is 37.2 Å². The average Bonchev–Trinajstić information content (AvgIpc) is 2.61. The third kappa shape index (κ3) is 6.21. The Morgan fingerprint density at radius 3 is 2.44 bits per heavy atom. The van der Waals surface area contributed by atoms with Crippen LogP contribution in [0.15, 0.2) is 51.4 Å². The highest BCUT2D eigenvalue weighted by Crippen LogP contribution is 2.26. The molecule has 8 heteroatoms. The number of rotatable bonds is 6. The van der Waals surface area contributed by atoms with E-state index in [-0.39, 0.29) is 6.61 Å². The fraction of sp³-hybridized carbons (Fsp3) is 0.118. The van der Waals surface area contributed by atoms with Crippen LogP contribution >= 0.6 is 31.9 Å². The minimum Gasteiger partial charge on any atom is -0.482 e. The molecular formula is C17H12Br2N2O4. The Kier molecular flexibility index (Phi) is 6.98. The minimum atomic E-state index is -0.672. The van der Waals surface area contributed by atoms with Crippen molar-refractivity contribution < 1.29 is 19.1 Å². The normalized spacial score (nSPS) is 9.80. The first-order valence-electron chi connectivity index (χ1n) is 7.01. The Morgan fingerprint density at radius 2 is 1.80 bits per heavy atom. The highest BCUT2D eigenvalue weighted by atomic mass is 79.9. The number of nitrogens with zero attached hydrogens (tertiary/aromatic N) is 1. The van der Waals surface area contributed by atoms with Crippen molar-refractivity contribution in [3.63, 3.8) is 0 Å². The van der Waals surface area contributed by atoms with Crippen LogP contribution in [0.25, 0.3) is 0 Å². The van der Waals surface area contributed by atoms with Gasteiger partial charge in [-0.15, -0.1) is 0 Å². The van der Waals surface area contributed by atoms with Gasteiger partial charge in [0.2, 0.25) is 0 Å². The van der Waals surface area contributed by atoms with Gasteiger partial charge in [0.1, 0.15) is 5.75 Å². The fourth-order valence-electron chi connectivity index (χ4n) is 1.73. The van der Waals surface area contributed by atoms with Gasteiger partial charge in [-0.3, -0.25) is 4.79 Å². The number of nitrogens with one attached hydrogen (secondary N) is 1. The molecule has 0 bridgehead atoms. The van der Waals surface area contributed by atoms with Gasteiger partial charge in [0.05, 0.1) is 17.3 Å². The predicted molar refractivity (Wildman–Crippen MR) is 98.1 cm³/mol. The van der Waals surface area contributed by atoms with E-state index >= 15 is 0 Å². The molecule has 0 atom stereocenters. The monoisotopic (exact) mass is 466 g/mol. The number of anilines is 1. The van der Waals surface area contributed by atoms with Crippen LogP contribution in [0.2, 0.25) is 0 Å². The number of ether oxygens (including phenoxy) is 2. The van der Waals surface area contributed by atoms with Gasteiger partial charge >= 0.3 is 5.97 Å². The van der Waals surface area contributed by atoms with Crippen molar-refractivity contribution in [1.29, 1.82) is 5.26 Å². The lowest BCUT2D eigenvalue weighted by Crippen LogP contribution is -2.23. The maximum absolute atomic E-state index is 11.8. The molecule has 2 aromatic rings. The van der Waals surface area contributed by atoms with E-state index in [1.54, 1.807) is 42.5 Å². The summed E-state index contributed by atoms with van der Waals surface area (Å²) in [5.74, 6) is -0.705. The summed E-state index contributed by atoms with van der Waals surface area (Å²) in [6.45, 7) is -0.751. The lowest BCUT2D eigenvalue weighted by Gasteiger charge is -2.09. The predicted octanol–water partition coefficient (Wildman–Crippen LogP) is 3.64. The summed E-state index contributed by atoms with van der Waals surface area (Å²) in [4.78, 5) is 23.4. The first kappa shape index (κ1) is 19.0. The number of amides is 1. The Balaban J connectivity index is 1.75. The summed E-state index contributed by atoms with van der Waals surface area (Å²) in [6.07, 6.45) is 0. The Bertz CT molecular complexity index is 816. The van der Waals surface area contributed by atoms with Crippen LogP contribution in [0.1, 0.15) is 5.56 Å². The van der Waals surface area contributed by atoms with Crippen LogP contribution in [-0.2, 0) is 14.3 Å². The molecule has 0 aromatic heterocycles. The zero-order valence-electron chi connectivity index (χ0n) is 12.8. The van der Waals surface area contributed by atoms with Crippen molar-refractivity contribution in [1.82, 2.24) is 0 Å². The van der Waals surface area contributed by atoms with Gasteiger partial charge in [0, 0.05) is 8.95 Å². The molecule has 0 radical (unpaired) electrons. The number of carbonyl (C=O) groups is 2. The first-order valence-corrected chi connectivity index (χ1v) is 8.60. The number of halogens is 2. The summed E-state index contributed by atoms with van der Waals surface area (Å²) in [5.41, 5.74) is 1.06. The quantitative estimate of drug-likeness (QED) is 0.655. The number of hydrogen-bond donors (Lipinski definition) is 1. The van der Waals surface area contributed by atoms with Crippen molar-refractivity contribution in [3.05, 3.63) is 57.0 Å². The number of carbonyl (C=O) groups excluding carboxylic acids is 2. The Labute approximate surface area is 161 Å².